The summed E-state index contributed by atoms with van der Waals surface area (Å²) in [5.41, 5.74) is 4.08. The molecule has 37 heavy (non-hydrogen) atoms. The lowest BCUT2D eigenvalue weighted by Crippen LogP contribution is -2.48. The van der Waals surface area contributed by atoms with Crippen molar-refractivity contribution in [3.8, 4) is 5.82 Å². The highest BCUT2D eigenvalue weighted by atomic mass is 16.4. The summed E-state index contributed by atoms with van der Waals surface area (Å²) in [6, 6.07) is 10.3. The van der Waals surface area contributed by atoms with Gasteiger partial charge in [-0.05, 0) is 62.6 Å². The summed E-state index contributed by atoms with van der Waals surface area (Å²) >= 11 is 0. The van der Waals surface area contributed by atoms with Crippen LogP contribution < -0.4 is 5.49 Å². The second kappa shape index (κ2) is 10.9. The number of nitrogens with zero attached hydrogens (tertiary/aromatic N) is 6. The molecule has 3 aromatic rings. The van der Waals surface area contributed by atoms with E-state index in [1.165, 1.54) is 4.68 Å². The van der Waals surface area contributed by atoms with Crippen molar-refractivity contribution in [2.75, 3.05) is 26.2 Å². The van der Waals surface area contributed by atoms with Gasteiger partial charge in [0.05, 0.1) is 11.3 Å². The Morgan fingerprint density at radius 1 is 1.05 bits per heavy atom. The van der Waals surface area contributed by atoms with Crippen LogP contribution in [-0.2, 0) is 17.8 Å². The van der Waals surface area contributed by atoms with E-state index in [0.29, 0.717) is 38.3 Å². The Bertz CT molecular complexity index is 1400. The van der Waals surface area contributed by atoms with Crippen molar-refractivity contribution >= 4 is 17.7 Å². The minimum absolute atomic E-state index is 0.105. The van der Waals surface area contributed by atoms with Gasteiger partial charge in [0.2, 0.25) is 5.91 Å². The molecule has 3 N–H and O–H groups in total. The molecule has 0 unspecified atom stereocenters. The molecule has 11 heteroatoms. The maximum absolute atomic E-state index is 13.0. The van der Waals surface area contributed by atoms with Crippen LogP contribution in [0.3, 0.4) is 0 Å². The van der Waals surface area contributed by atoms with Gasteiger partial charge in [-0.3, -0.25) is 20.5 Å². The third-order valence-corrected chi connectivity index (χ3v) is 6.69. The number of amides is 1. The number of carboxylic acids is 1. The predicted molar refractivity (Wildman–Crippen MR) is 137 cm³/mol. The number of aromatic nitrogens is 4. The fourth-order valence-corrected chi connectivity index (χ4v) is 4.65. The van der Waals surface area contributed by atoms with E-state index in [2.05, 4.69) is 15.1 Å². The monoisotopic (exact) mass is 504 g/mol. The third-order valence-electron chi connectivity index (χ3n) is 6.69. The number of rotatable bonds is 7. The molecule has 1 aliphatic rings. The first kappa shape index (κ1) is 26.0. The largest absolute Gasteiger partial charge is 0.478 e. The molecule has 0 atom stereocenters. The summed E-state index contributed by atoms with van der Waals surface area (Å²) in [5, 5.41) is 33.9. The van der Waals surface area contributed by atoms with E-state index >= 15 is 0 Å². The molecule has 194 valence electrons. The van der Waals surface area contributed by atoms with Gasteiger partial charge in [0.15, 0.2) is 5.82 Å². The number of aryl methyl sites for hydroxylation is 1. The van der Waals surface area contributed by atoms with E-state index in [1.54, 1.807) is 41.9 Å². The zero-order chi connectivity index (χ0) is 26.7. The van der Waals surface area contributed by atoms with Crippen LogP contribution in [0, 0.1) is 24.7 Å². The Morgan fingerprint density at radius 3 is 2.46 bits per heavy atom. The van der Waals surface area contributed by atoms with Crippen molar-refractivity contribution in [3.05, 3.63) is 70.0 Å². The molecule has 0 bridgehead atoms. The molecule has 3 heterocycles. The van der Waals surface area contributed by atoms with Crippen molar-refractivity contribution < 1.29 is 14.7 Å². The van der Waals surface area contributed by atoms with E-state index in [9.17, 15) is 14.7 Å². The van der Waals surface area contributed by atoms with Crippen LogP contribution in [0.5, 0.6) is 0 Å². The zero-order valence-electron chi connectivity index (χ0n) is 21.4. The van der Waals surface area contributed by atoms with Gasteiger partial charge < -0.3 is 10.0 Å². The minimum Gasteiger partial charge on any atom is -0.478 e. The van der Waals surface area contributed by atoms with E-state index in [1.807, 2.05) is 24.8 Å². The minimum atomic E-state index is -0.930. The number of benzene rings is 1. The SMILES string of the molecule is CC(=N)n1nc(-n2nc(C)c(CCC(=O)N3CCN(Cc4cccc(C(=O)O)c4)CC3)c2C)ccc1=N. The molecule has 1 saturated heterocycles. The van der Waals surface area contributed by atoms with Crippen LogP contribution in [-0.4, -0.2) is 78.4 Å². The van der Waals surface area contributed by atoms with Gasteiger partial charge in [0, 0.05) is 44.8 Å². The average molecular weight is 505 g/mol. The van der Waals surface area contributed by atoms with E-state index < -0.39 is 5.97 Å². The topological polar surface area (TPSA) is 144 Å². The number of hydrogen-bond acceptors (Lipinski definition) is 7. The Balaban J connectivity index is 1.35. The normalized spacial score (nSPS) is 14.1. The Labute approximate surface area is 215 Å². The summed E-state index contributed by atoms with van der Waals surface area (Å²) in [5.74, 6) is -0.160. The number of hydrogen-bond donors (Lipinski definition) is 3. The smallest absolute Gasteiger partial charge is 0.335 e. The van der Waals surface area contributed by atoms with Gasteiger partial charge in [-0.15, -0.1) is 5.10 Å². The van der Waals surface area contributed by atoms with Crippen LogP contribution in [0.25, 0.3) is 5.82 Å². The lowest BCUT2D eigenvalue weighted by molar-refractivity contribution is -0.133. The second-order valence-electron chi connectivity index (χ2n) is 9.30. The Kier molecular flexibility index (Phi) is 7.63. The molecule has 11 nitrogen and oxygen atoms in total. The molecule has 1 aliphatic heterocycles. The first-order valence-electron chi connectivity index (χ1n) is 12.2. The number of carboxylic acid groups (broad SMARTS) is 1. The van der Waals surface area contributed by atoms with Crippen LogP contribution >= 0.6 is 0 Å². The average Bonchev–Trinajstić information content (AvgIpc) is 3.16. The van der Waals surface area contributed by atoms with E-state index in [0.717, 1.165) is 35.6 Å². The fraction of sp³-hybridized carbons (Fsp3) is 0.385. The fourth-order valence-electron chi connectivity index (χ4n) is 4.65. The summed E-state index contributed by atoms with van der Waals surface area (Å²) in [6.07, 6.45) is 0.950. The molecule has 1 aromatic carbocycles. The molecule has 1 fully saturated rings. The number of carbonyl (C=O) groups excluding carboxylic acids is 1. The number of aromatic carboxylic acids is 1. The van der Waals surface area contributed by atoms with Crippen molar-refractivity contribution in [1.29, 1.82) is 10.8 Å². The Hall–Kier alpha value is -4.12. The molecular weight excluding hydrogens is 472 g/mol. The van der Waals surface area contributed by atoms with Gasteiger partial charge in [0.1, 0.15) is 11.3 Å². The van der Waals surface area contributed by atoms with Gasteiger partial charge in [-0.2, -0.15) is 5.10 Å². The zero-order valence-corrected chi connectivity index (χ0v) is 21.4. The second-order valence-corrected chi connectivity index (χ2v) is 9.30. The summed E-state index contributed by atoms with van der Waals surface area (Å²) in [6.45, 7) is 8.84. The maximum Gasteiger partial charge on any atom is 0.335 e. The van der Waals surface area contributed by atoms with E-state index in [4.69, 9.17) is 10.8 Å². The molecular formula is C26H32N8O3. The van der Waals surface area contributed by atoms with E-state index in [-0.39, 0.29) is 22.8 Å². The standard InChI is InChI=1S/C26H32N8O3/c1-17-22(18(2)33(29-17)24-9-8-23(28)34(30-24)19(3)27)7-10-25(35)32-13-11-31(12-14-32)16-20-5-4-6-21(15-20)26(36)37/h4-6,8-9,15,27-28H,7,10-14,16H2,1-3H3,(H,36,37). The van der Waals surface area contributed by atoms with Crippen molar-refractivity contribution in [2.24, 2.45) is 0 Å². The molecule has 0 aliphatic carbocycles. The molecule has 2 aromatic heterocycles. The molecule has 4 rings (SSSR count). The highest BCUT2D eigenvalue weighted by Gasteiger charge is 2.22. The highest BCUT2D eigenvalue weighted by Crippen LogP contribution is 2.19. The van der Waals surface area contributed by atoms with Crippen molar-refractivity contribution in [1.82, 2.24) is 29.4 Å². The van der Waals surface area contributed by atoms with Gasteiger partial charge in [-0.1, -0.05) is 12.1 Å². The van der Waals surface area contributed by atoms with Crippen molar-refractivity contribution in [3.63, 3.8) is 0 Å². The van der Waals surface area contributed by atoms with Crippen LogP contribution in [0.1, 0.15) is 46.2 Å². The highest BCUT2D eigenvalue weighted by molar-refractivity contribution is 5.87. The number of carbonyl (C=O) groups is 2. The number of piperazine rings is 1. The quantitative estimate of drug-likeness (QED) is 0.332. The molecule has 0 saturated carbocycles. The third kappa shape index (κ3) is 5.83. The van der Waals surface area contributed by atoms with Gasteiger partial charge >= 0.3 is 5.97 Å². The predicted octanol–water partition coefficient (Wildman–Crippen LogP) is 1.99. The lowest BCUT2D eigenvalue weighted by atomic mass is 10.1. The van der Waals surface area contributed by atoms with Crippen molar-refractivity contribution in [2.45, 2.75) is 40.2 Å². The lowest BCUT2D eigenvalue weighted by Gasteiger charge is -2.35. The first-order valence-corrected chi connectivity index (χ1v) is 12.2. The molecule has 1 amide bonds. The molecule has 0 spiro atoms. The van der Waals surface area contributed by atoms with Crippen LogP contribution in [0.2, 0.25) is 0 Å². The van der Waals surface area contributed by atoms with Gasteiger partial charge in [-0.25, -0.2) is 14.2 Å². The summed E-state index contributed by atoms with van der Waals surface area (Å²) in [7, 11) is 0. The molecule has 0 radical (unpaired) electrons. The van der Waals surface area contributed by atoms with Gasteiger partial charge in [0.25, 0.3) is 0 Å². The van der Waals surface area contributed by atoms with Crippen LogP contribution in [0.15, 0.2) is 36.4 Å². The summed E-state index contributed by atoms with van der Waals surface area (Å²) < 4.78 is 2.95. The Morgan fingerprint density at radius 2 is 1.78 bits per heavy atom. The summed E-state index contributed by atoms with van der Waals surface area (Å²) in [4.78, 5) is 28.3. The first-order chi connectivity index (χ1) is 17.6. The number of nitrogens with one attached hydrogen (secondary N) is 2. The van der Waals surface area contributed by atoms with Crippen LogP contribution in [0.4, 0.5) is 0 Å². The maximum atomic E-state index is 13.0.